The molecule has 7 nitrogen and oxygen atoms in total. The summed E-state index contributed by atoms with van der Waals surface area (Å²) in [5.41, 5.74) is 0.415. The molecule has 1 aromatic heterocycles. The van der Waals surface area contributed by atoms with Crippen LogP contribution in [0.2, 0.25) is 5.02 Å². The van der Waals surface area contributed by atoms with Crippen molar-refractivity contribution in [3.8, 4) is 0 Å². The van der Waals surface area contributed by atoms with Crippen molar-refractivity contribution in [3.63, 3.8) is 0 Å². The van der Waals surface area contributed by atoms with E-state index in [0.717, 1.165) is 10.2 Å². The number of fused-ring (bicyclic) bond motifs is 1. The smallest absolute Gasteiger partial charge is 0.359 e. The number of hydrogen-bond donors (Lipinski definition) is 1. The average Bonchev–Trinajstić information content (AvgIpc) is 2.69. The zero-order valence-electron chi connectivity index (χ0n) is 15.3. The van der Waals surface area contributed by atoms with E-state index in [1.165, 1.54) is 7.05 Å². The summed E-state index contributed by atoms with van der Waals surface area (Å²) in [4.78, 5) is 36.7. The van der Waals surface area contributed by atoms with Crippen molar-refractivity contribution in [1.29, 1.82) is 0 Å². The molecule has 144 valence electrons. The fraction of sp³-hybridized carbons (Fsp3) is 0.200. The Bertz CT molecular complexity index is 1110. The molecule has 1 heterocycles. The lowest BCUT2D eigenvalue weighted by Gasteiger charge is -2.15. The van der Waals surface area contributed by atoms with Gasteiger partial charge in [-0.05, 0) is 24.6 Å². The zero-order chi connectivity index (χ0) is 20.3. The molecule has 0 aliphatic rings. The second-order valence-electron chi connectivity index (χ2n) is 6.21. The van der Waals surface area contributed by atoms with Crippen molar-refractivity contribution in [2.45, 2.75) is 13.0 Å². The van der Waals surface area contributed by atoms with E-state index in [1.54, 1.807) is 49.4 Å². The lowest BCUT2D eigenvalue weighted by atomic mass is 10.1. The number of esters is 1. The Morgan fingerprint density at radius 2 is 1.79 bits per heavy atom. The van der Waals surface area contributed by atoms with Crippen LogP contribution in [0.25, 0.3) is 10.8 Å². The molecule has 3 rings (SSSR count). The maximum absolute atomic E-state index is 12.4. The summed E-state index contributed by atoms with van der Waals surface area (Å²) in [6.45, 7) is 1.30. The predicted octanol–water partition coefficient (Wildman–Crippen LogP) is 2.62. The number of halogens is 1. The second-order valence-corrected chi connectivity index (χ2v) is 6.62. The number of aromatic nitrogens is 2. The van der Waals surface area contributed by atoms with Crippen LogP contribution in [-0.2, 0) is 16.6 Å². The van der Waals surface area contributed by atoms with Crippen LogP contribution in [0.1, 0.15) is 29.0 Å². The predicted molar refractivity (Wildman–Crippen MR) is 105 cm³/mol. The van der Waals surface area contributed by atoms with Gasteiger partial charge in [0.05, 0.1) is 11.4 Å². The minimum atomic E-state index is -0.785. The Hall–Kier alpha value is -3.19. The van der Waals surface area contributed by atoms with Gasteiger partial charge in [-0.15, -0.1) is 0 Å². The fourth-order valence-electron chi connectivity index (χ4n) is 2.84. The number of carbonyl (C=O) groups excluding carboxylic acids is 2. The summed E-state index contributed by atoms with van der Waals surface area (Å²) >= 11 is 6.12. The van der Waals surface area contributed by atoms with E-state index in [9.17, 15) is 14.4 Å². The minimum Gasteiger partial charge on any atom is -0.451 e. The first-order valence-corrected chi connectivity index (χ1v) is 8.93. The van der Waals surface area contributed by atoms with Gasteiger partial charge in [-0.1, -0.05) is 48.0 Å². The third-order valence-corrected chi connectivity index (χ3v) is 4.58. The SMILES string of the molecule is C[C@H](NC(=O)COC(=O)c1nn(C)c(=O)c2ccccc12)c1ccccc1Cl. The molecule has 0 spiro atoms. The van der Waals surface area contributed by atoms with Gasteiger partial charge in [0, 0.05) is 17.5 Å². The number of rotatable bonds is 5. The number of nitrogens with one attached hydrogen (secondary N) is 1. The Labute approximate surface area is 165 Å². The topological polar surface area (TPSA) is 90.3 Å². The fourth-order valence-corrected chi connectivity index (χ4v) is 3.14. The number of nitrogens with zero attached hydrogens (tertiary/aromatic N) is 2. The van der Waals surface area contributed by atoms with Gasteiger partial charge in [-0.3, -0.25) is 9.59 Å². The Morgan fingerprint density at radius 1 is 1.14 bits per heavy atom. The summed E-state index contributed by atoms with van der Waals surface area (Å²) in [5, 5.41) is 7.97. The van der Waals surface area contributed by atoms with Gasteiger partial charge < -0.3 is 10.1 Å². The van der Waals surface area contributed by atoms with Crippen LogP contribution < -0.4 is 10.9 Å². The summed E-state index contributed by atoms with van der Waals surface area (Å²) in [7, 11) is 1.45. The van der Waals surface area contributed by atoms with E-state index in [4.69, 9.17) is 16.3 Å². The Balaban J connectivity index is 1.70. The van der Waals surface area contributed by atoms with Gasteiger partial charge in [-0.2, -0.15) is 5.10 Å². The van der Waals surface area contributed by atoms with Gasteiger partial charge >= 0.3 is 5.97 Å². The van der Waals surface area contributed by atoms with Gasteiger partial charge in [0.15, 0.2) is 12.3 Å². The third kappa shape index (κ3) is 4.04. The van der Waals surface area contributed by atoms with Crippen molar-refractivity contribution in [1.82, 2.24) is 15.1 Å². The molecule has 0 aliphatic carbocycles. The molecule has 0 saturated carbocycles. The molecule has 0 saturated heterocycles. The quantitative estimate of drug-likeness (QED) is 0.666. The first-order chi connectivity index (χ1) is 13.4. The second kappa shape index (κ2) is 8.22. The van der Waals surface area contributed by atoms with Crippen molar-refractivity contribution >= 4 is 34.2 Å². The zero-order valence-corrected chi connectivity index (χ0v) is 16.1. The first kappa shape index (κ1) is 19.6. The van der Waals surface area contributed by atoms with Crippen LogP contribution in [0.4, 0.5) is 0 Å². The normalized spacial score (nSPS) is 11.8. The largest absolute Gasteiger partial charge is 0.451 e. The molecule has 1 atom stereocenters. The van der Waals surface area contributed by atoms with Crippen molar-refractivity contribution in [3.05, 3.63) is 75.2 Å². The Kier molecular flexibility index (Phi) is 5.75. The van der Waals surface area contributed by atoms with E-state index < -0.39 is 18.5 Å². The molecule has 0 aliphatic heterocycles. The molecule has 2 aromatic carbocycles. The van der Waals surface area contributed by atoms with Gasteiger partial charge in [0.25, 0.3) is 11.5 Å². The number of aryl methyl sites for hydroxylation is 1. The number of benzene rings is 2. The molecule has 0 unspecified atom stereocenters. The molecule has 3 aromatic rings. The molecule has 8 heteroatoms. The molecule has 0 fully saturated rings. The first-order valence-electron chi connectivity index (χ1n) is 8.55. The lowest BCUT2D eigenvalue weighted by molar-refractivity contribution is -0.124. The van der Waals surface area contributed by atoms with Gasteiger partial charge in [0.1, 0.15) is 0 Å². The van der Waals surface area contributed by atoms with Crippen molar-refractivity contribution in [2.75, 3.05) is 6.61 Å². The summed E-state index contributed by atoms with van der Waals surface area (Å²) in [5.74, 6) is -1.26. The maximum Gasteiger partial charge on any atom is 0.359 e. The number of amides is 1. The Morgan fingerprint density at radius 3 is 2.50 bits per heavy atom. The molecule has 28 heavy (non-hydrogen) atoms. The minimum absolute atomic E-state index is 0.0235. The van der Waals surface area contributed by atoms with Crippen LogP contribution in [-0.4, -0.2) is 28.3 Å². The van der Waals surface area contributed by atoms with Gasteiger partial charge in [0.2, 0.25) is 0 Å². The van der Waals surface area contributed by atoms with E-state index >= 15 is 0 Å². The summed E-state index contributed by atoms with van der Waals surface area (Å²) < 4.78 is 6.17. The highest BCUT2D eigenvalue weighted by Gasteiger charge is 2.19. The van der Waals surface area contributed by atoms with Gasteiger partial charge in [-0.25, -0.2) is 9.48 Å². The standard InChI is InChI=1S/C20H18ClN3O4/c1-12(13-7-5-6-10-16(13)21)22-17(25)11-28-20(27)18-14-8-3-4-9-15(14)19(26)24(2)23-18/h3-10,12H,11H2,1-2H3,(H,22,25)/t12-/m0/s1. The summed E-state index contributed by atoms with van der Waals surface area (Å²) in [6, 6.07) is 13.4. The third-order valence-electron chi connectivity index (χ3n) is 4.23. The van der Waals surface area contributed by atoms with E-state index in [0.29, 0.717) is 15.8 Å². The molecular weight excluding hydrogens is 382 g/mol. The van der Waals surface area contributed by atoms with Crippen LogP contribution in [0.3, 0.4) is 0 Å². The lowest BCUT2D eigenvalue weighted by Crippen LogP contribution is -2.32. The van der Waals surface area contributed by atoms with E-state index in [1.807, 2.05) is 6.07 Å². The molecular formula is C20H18ClN3O4. The average molecular weight is 400 g/mol. The van der Waals surface area contributed by atoms with Crippen molar-refractivity contribution in [2.24, 2.45) is 7.05 Å². The molecule has 1 N–H and O–H groups in total. The highest BCUT2D eigenvalue weighted by atomic mass is 35.5. The molecule has 0 bridgehead atoms. The molecule has 0 radical (unpaired) electrons. The van der Waals surface area contributed by atoms with E-state index in [2.05, 4.69) is 10.4 Å². The number of ether oxygens (including phenoxy) is 1. The van der Waals surface area contributed by atoms with E-state index in [-0.39, 0.29) is 17.3 Å². The van der Waals surface area contributed by atoms with Crippen LogP contribution >= 0.6 is 11.6 Å². The van der Waals surface area contributed by atoms with Crippen LogP contribution in [0.5, 0.6) is 0 Å². The van der Waals surface area contributed by atoms with Crippen LogP contribution in [0.15, 0.2) is 53.3 Å². The summed E-state index contributed by atoms with van der Waals surface area (Å²) in [6.07, 6.45) is 0. The highest BCUT2D eigenvalue weighted by Crippen LogP contribution is 2.22. The monoisotopic (exact) mass is 399 g/mol. The highest BCUT2D eigenvalue weighted by molar-refractivity contribution is 6.31. The molecule has 1 amide bonds. The van der Waals surface area contributed by atoms with Crippen LogP contribution in [0, 0.1) is 0 Å². The number of carbonyl (C=O) groups is 2. The van der Waals surface area contributed by atoms with Crippen molar-refractivity contribution < 1.29 is 14.3 Å². The maximum atomic E-state index is 12.4. The number of hydrogen-bond acceptors (Lipinski definition) is 5.